The molecule has 0 saturated heterocycles. The summed E-state index contributed by atoms with van der Waals surface area (Å²) in [5, 5.41) is 0. The van der Waals surface area contributed by atoms with E-state index >= 15 is 0 Å². The Kier molecular flexibility index (Phi) is 3.87. The fourth-order valence-electron chi connectivity index (χ4n) is 2.82. The summed E-state index contributed by atoms with van der Waals surface area (Å²) in [7, 11) is 0. The highest BCUT2D eigenvalue weighted by Gasteiger charge is 2.19. The molecule has 0 aliphatic heterocycles. The second-order valence-electron chi connectivity index (χ2n) is 5.01. The lowest BCUT2D eigenvalue weighted by atomic mass is 9.86. The molecule has 0 radical (unpaired) electrons. The van der Waals surface area contributed by atoms with Gasteiger partial charge in [-0.1, -0.05) is 26.2 Å². The van der Waals surface area contributed by atoms with Crippen molar-refractivity contribution in [3.05, 3.63) is 28.2 Å². The molecule has 1 aliphatic rings. The quantitative estimate of drug-likeness (QED) is 0.874. The number of aromatic nitrogens is 1. The molecule has 2 N–H and O–H groups in total. The van der Waals surface area contributed by atoms with Crippen molar-refractivity contribution < 1.29 is 0 Å². The van der Waals surface area contributed by atoms with Crippen LogP contribution in [0.25, 0.3) is 0 Å². The number of rotatable bonds is 3. The van der Waals surface area contributed by atoms with Gasteiger partial charge in [-0.3, -0.25) is 4.79 Å². The third-order valence-corrected chi connectivity index (χ3v) is 3.71. The second kappa shape index (κ2) is 5.39. The van der Waals surface area contributed by atoms with E-state index in [0.29, 0.717) is 11.6 Å². The zero-order valence-electron chi connectivity index (χ0n) is 10.6. The normalized spacial score (nSPS) is 17.2. The smallest absolute Gasteiger partial charge is 0.273 e. The van der Waals surface area contributed by atoms with Gasteiger partial charge < -0.3 is 10.3 Å². The maximum absolute atomic E-state index is 12.1. The monoisotopic (exact) mass is 234 g/mol. The van der Waals surface area contributed by atoms with Crippen LogP contribution in [0.1, 0.15) is 57.1 Å². The van der Waals surface area contributed by atoms with Crippen LogP contribution in [0.4, 0.5) is 5.69 Å². The average molecular weight is 234 g/mol. The summed E-state index contributed by atoms with van der Waals surface area (Å²) in [4.78, 5) is 12.1. The van der Waals surface area contributed by atoms with E-state index in [9.17, 15) is 4.79 Å². The number of hydrogen-bond donors (Lipinski definition) is 1. The van der Waals surface area contributed by atoms with E-state index in [1.807, 2.05) is 4.57 Å². The van der Waals surface area contributed by atoms with Crippen molar-refractivity contribution in [1.29, 1.82) is 0 Å². The summed E-state index contributed by atoms with van der Waals surface area (Å²) in [6.45, 7) is 2.88. The lowest BCUT2D eigenvalue weighted by Gasteiger charge is -2.25. The number of nitrogen functional groups attached to an aromatic ring is 1. The third kappa shape index (κ3) is 2.54. The standard InChI is InChI=1S/C14H22N2O/c1-2-10-16-13(9-8-12(15)14(16)17)11-6-4-3-5-7-11/h8-9,11H,2-7,10,15H2,1H3. The lowest BCUT2D eigenvalue weighted by Crippen LogP contribution is -2.27. The molecule has 2 rings (SSSR count). The van der Waals surface area contributed by atoms with Crippen molar-refractivity contribution in [3.63, 3.8) is 0 Å². The predicted molar refractivity (Wildman–Crippen MR) is 71.2 cm³/mol. The van der Waals surface area contributed by atoms with Gasteiger partial charge in [0.1, 0.15) is 0 Å². The van der Waals surface area contributed by atoms with Gasteiger partial charge in [0.2, 0.25) is 0 Å². The minimum Gasteiger partial charge on any atom is -0.394 e. The molecule has 0 aromatic carbocycles. The molecule has 17 heavy (non-hydrogen) atoms. The number of nitrogens with two attached hydrogens (primary N) is 1. The largest absolute Gasteiger partial charge is 0.394 e. The van der Waals surface area contributed by atoms with Gasteiger partial charge in [-0.25, -0.2) is 0 Å². The molecule has 1 heterocycles. The molecule has 0 atom stereocenters. The van der Waals surface area contributed by atoms with Gasteiger partial charge in [-0.15, -0.1) is 0 Å². The van der Waals surface area contributed by atoms with Crippen LogP contribution in [0.3, 0.4) is 0 Å². The van der Waals surface area contributed by atoms with Crippen LogP contribution in [0.5, 0.6) is 0 Å². The Hall–Kier alpha value is -1.25. The van der Waals surface area contributed by atoms with Gasteiger partial charge in [0.25, 0.3) is 5.56 Å². The van der Waals surface area contributed by atoms with E-state index in [1.165, 1.54) is 37.8 Å². The molecule has 0 spiro atoms. The molecular formula is C14H22N2O. The summed E-state index contributed by atoms with van der Waals surface area (Å²) in [6.07, 6.45) is 7.32. The second-order valence-corrected chi connectivity index (χ2v) is 5.01. The van der Waals surface area contributed by atoms with Crippen LogP contribution in [-0.4, -0.2) is 4.57 Å². The third-order valence-electron chi connectivity index (χ3n) is 3.71. The highest BCUT2D eigenvalue weighted by atomic mass is 16.1. The number of hydrogen-bond acceptors (Lipinski definition) is 2. The highest BCUT2D eigenvalue weighted by Crippen LogP contribution is 2.32. The Labute approximate surface area is 103 Å². The highest BCUT2D eigenvalue weighted by molar-refractivity contribution is 5.36. The fourth-order valence-corrected chi connectivity index (χ4v) is 2.82. The van der Waals surface area contributed by atoms with Crippen molar-refractivity contribution in [2.45, 2.75) is 57.9 Å². The van der Waals surface area contributed by atoms with E-state index in [0.717, 1.165) is 13.0 Å². The van der Waals surface area contributed by atoms with E-state index in [1.54, 1.807) is 6.07 Å². The zero-order chi connectivity index (χ0) is 12.3. The molecule has 0 amide bonds. The van der Waals surface area contributed by atoms with Gasteiger partial charge in [0.15, 0.2) is 0 Å². The first-order chi connectivity index (χ1) is 8.24. The molecule has 1 fully saturated rings. The predicted octanol–water partition coefficient (Wildman–Crippen LogP) is 2.89. The Morgan fingerprint density at radius 1 is 1.29 bits per heavy atom. The van der Waals surface area contributed by atoms with Crippen LogP contribution in [-0.2, 0) is 6.54 Å². The van der Waals surface area contributed by atoms with E-state index < -0.39 is 0 Å². The Morgan fingerprint density at radius 2 is 2.00 bits per heavy atom. The van der Waals surface area contributed by atoms with E-state index in [4.69, 9.17) is 5.73 Å². The molecule has 1 aliphatic carbocycles. The molecule has 94 valence electrons. The summed E-state index contributed by atoms with van der Waals surface area (Å²) in [5.74, 6) is 0.559. The Morgan fingerprint density at radius 3 is 2.65 bits per heavy atom. The maximum Gasteiger partial charge on any atom is 0.273 e. The van der Waals surface area contributed by atoms with Crippen molar-refractivity contribution in [2.24, 2.45) is 0 Å². The zero-order valence-corrected chi connectivity index (χ0v) is 10.6. The van der Waals surface area contributed by atoms with Gasteiger partial charge in [-0.2, -0.15) is 0 Å². The van der Waals surface area contributed by atoms with Crippen LogP contribution in [0.15, 0.2) is 16.9 Å². The molecular weight excluding hydrogens is 212 g/mol. The summed E-state index contributed by atoms with van der Waals surface area (Å²) in [5.41, 5.74) is 7.28. The number of pyridine rings is 1. The molecule has 1 aromatic rings. The van der Waals surface area contributed by atoms with Gasteiger partial charge in [-0.05, 0) is 37.3 Å². The molecule has 1 saturated carbocycles. The first-order valence-corrected chi connectivity index (χ1v) is 6.73. The minimum absolute atomic E-state index is 0.00470. The average Bonchev–Trinajstić information content (AvgIpc) is 2.36. The number of nitrogens with zero attached hydrogens (tertiary/aromatic N) is 1. The molecule has 1 aromatic heterocycles. The van der Waals surface area contributed by atoms with Crippen molar-refractivity contribution >= 4 is 5.69 Å². The summed E-state index contributed by atoms with van der Waals surface area (Å²) >= 11 is 0. The molecule has 3 nitrogen and oxygen atoms in total. The van der Waals surface area contributed by atoms with Crippen LogP contribution < -0.4 is 11.3 Å². The minimum atomic E-state index is -0.00470. The fraction of sp³-hybridized carbons (Fsp3) is 0.643. The van der Waals surface area contributed by atoms with Crippen molar-refractivity contribution in [3.8, 4) is 0 Å². The number of anilines is 1. The SMILES string of the molecule is CCCn1c(C2CCCCC2)ccc(N)c1=O. The van der Waals surface area contributed by atoms with Crippen molar-refractivity contribution in [1.82, 2.24) is 4.57 Å². The maximum atomic E-state index is 12.1. The topological polar surface area (TPSA) is 48.0 Å². The molecule has 3 heteroatoms. The van der Waals surface area contributed by atoms with Crippen LogP contribution in [0.2, 0.25) is 0 Å². The molecule has 0 unspecified atom stereocenters. The Bertz CT molecular complexity index is 430. The molecule has 0 bridgehead atoms. The summed E-state index contributed by atoms with van der Waals surface area (Å²) < 4.78 is 1.89. The summed E-state index contributed by atoms with van der Waals surface area (Å²) in [6, 6.07) is 3.83. The van der Waals surface area contributed by atoms with Gasteiger partial charge in [0, 0.05) is 12.2 Å². The van der Waals surface area contributed by atoms with Gasteiger partial charge in [0.05, 0.1) is 5.69 Å². The van der Waals surface area contributed by atoms with Crippen molar-refractivity contribution in [2.75, 3.05) is 5.73 Å². The van der Waals surface area contributed by atoms with E-state index in [-0.39, 0.29) is 5.56 Å². The Balaban J connectivity index is 2.37. The van der Waals surface area contributed by atoms with Crippen LogP contribution >= 0.6 is 0 Å². The van der Waals surface area contributed by atoms with Gasteiger partial charge >= 0.3 is 0 Å². The first kappa shape index (κ1) is 12.2. The van der Waals surface area contributed by atoms with E-state index in [2.05, 4.69) is 13.0 Å². The van der Waals surface area contributed by atoms with Crippen LogP contribution in [0, 0.1) is 0 Å². The first-order valence-electron chi connectivity index (χ1n) is 6.73. The lowest BCUT2D eigenvalue weighted by molar-refractivity contribution is 0.418.